The first-order chi connectivity index (χ1) is 27.7. The summed E-state index contributed by atoms with van der Waals surface area (Å²) < 4.78 is 34.0. The number of hydrogen-bond donors (Lipinski definition) is 2. The molecule has 0 aromatic carbocycles. The first-order valence-corrected chi connectivity index (χ1v) is 19.0. The van der Waals surface area contributed by atoms with E-state index in [9.17, 15) is 4.79 Å². The molecule has 0 saturated carbocycles. The highest BCUT2D eigenvalue weighted by Crippen LogP contribution is 2.36. The van der Waals surface area contributed by atoms with Gasteiger partial charge in [-0.15, -0.1) is 0 Å². The number of nitrogens with one attached hydrogen (secondary N) is 2. The monoisotopic (exact) mass is 762 g/mol. The summed E-state index contributed by atoms with van der Waals surface area (Å²) in [6.45, 7) is 7.53. The van der Waals surface area contributed by atoms with E-state index < -0.39 is 6.10 Å². The molecule has 6 aromatic rings. The summed E-state index contributed by atoms with van der Waals surface area (Å²) in [6.07, 6.45) is 9.11. The van der Waals surface area contributed by atoms with Crippen molar-refractivity contribution in [2.45, 2.75) is 31.5 Å². The number of hydrogen-bond acceptors (Lipinski definition) is 15. The van der Waals surface area contributed by atoms with Crippen molar-refractivity contribution < 1.29 is 33.2 Å². The molecule has 4 aliphatic heterocycles. The Morgan fingerprint density at radius 3 is 1.80 bits per heavy atom. The minimum absolute atomic E-state index is 0.156. The van der Waals surface area contributed by atoms with Gasteiger partial charge in [-0.25, -0.2) is 14.8 Å². The van der Waals surface area contributed by atoms with Crippen molar-refractivity contribution in [3.8, 4) is 34.3 Å². The summed E-state index contributed by atoms with van der Waals surface area (Å²) in [5.41, 5.74) is 4.55. The number of pyridine rings is 4. The lowest BCUT2D eigenvalue weighted by Gasteiger charge is -2.28. The Morgan fingerprint density at radius 2 is 1.29 bits per heavy atom. The van der Waals surface area contributed by atoms with Crippen LogP contribution in [0.1, 0.15) is 19.3 Å². The summed E-state index contributed by atoms with van der Waals surface area (Å²) in [6, 6.07) is 11.5. The molecule has 10 heterocycles. The number of cyclic esters (lactones) is 1. The molecule has 2 atom stereocenters. The van der Waals surface area contributed by atoms with E-state index >= 15 is 0 Å². The third kappa shape index (κ3) is 7.65. The average Bonchev–Trinajstić information content (AvgIpc) is 4.11. The van der Waals surface area contributed by atoms with Gasteiger partial charge in [-0.1, -0.05) is 0 Å². The van der Waals surface area contributed by atoms with Gasteiger partial charge >= 0.3 is 5.97 Å². The van der Waals surface area contributed by atoms with Crippen LogP contribution < -0.4 is 19.3 Å². The Hall–Kier alpha value is -5.91. The number of esters is 1. The lowest BCUT2D eigenvalue weighted by Crippen LogP contribution is -2.36. The van der Waals surface area contributed by atoms with Gasteiger partial charge in [0, 0.05) is 86.9 Å². The van der Waals surface area contributed by atoms with Crippen LogP contribution in [0.4, 0.5) is 11.6 Å². The molecule has 0 bridgehead atoms. The first-order valence-electron chi connectivity index (χ1n) is 19.0. The van der Waals surface area contributed by atoms with Crippen molar-refractivity contribution >= 4 is 39.4 Å². The maximum absolute atomic E-state index is 11.9. The quantitative estimate of drug-likeness (QED) is 0.201. The summed E-state index contributed by atoms with van der Waals surface area (Å²) in [5.74, 6) is 2.72. The van der Waals surface area contributed by atoms with Crippen LogP contribution in [0.2, 0.25) is 0 Å². The normalized spacial score (nSPS) is 19.9. The van der Waals surface area contributed by atoms with Gasteiger partial charge in [-0.3, -0.25) is 20.2 Å². The van der Waals surface area contributed by atoms with Crippen molar-refractivity contribution in [2.75, 3.05) is 82.2 Å². The molecule has 6 aromatic heterocycles. The van der Waals surface area contributed by atoms with E-state index in [1.165, 1.54) is 0 Å². The van der Waals surface area contributed by atoms with E-state index in [4.69, 9.17) is 38.4 Å². The lowest BCUT2D eigenvalue weighted by molar-refractivity contribution is -0.143. The molecule has 2 N–H and O–H groups in total. The van der Waals surface area contributed by atoms with Gasteiger partial charge in [0.1, 0.15) is 52.2 Å². The molecule has 290 valence electrons. The number of anilines is 2. The number of rotatable bonds is 9. The van der Waals surface area contributed by atoms with Crippen LogP contribution in [0.15, 0.2) is 61.2 Å². The van der Waals surface area contributed by atoms with Gasteiger partial charge in [0.2, 0.25) is 0 Å². The van der Waals surface area contributed by atoms with Crippen LogP contribution in [0.3, 0.4) is 0 Å². The number of aromatic nitrogens is 8. The molecule has 10 rings (SSSR count). The van der Waals surface area contributed by atoms with Crippen molar-refractivity contribution in [1.29, 1.82) is 0 Å². The fourth-order valence-electron chi connectivity index (χ4n) is 7.21. The third-order valence-corrected chi connectivity index (χ3v) is 10.1. The smallest absolute Gasteiger partial charge is 0.347 e. The highest BCUT2D eigenvalue weighted by molar-refractivity contribution is 5.96. The van der Waals surface area contributed by atoms with Gasteiger partial charge < -0.3 is 38.2 Å². The molecule has 0 aliphatic carbocycles. The van der Waals surface area contributed by atoms with Crippen LogP contribution >= 0.6 is 0 Å². The maximum atomic E-state index is 11.9. The Morgan fingerprint density at radius 1 is 0.696 bits per heavy atom. The summed E-state index contributed by atoms with van der Waals surface area (Å²) in [7, 11) is 0. The topological polar surface area (TPSA) is 188 Å². The predicted octanol–water partition coefficient (Wildman–Crippen LogP) is 3.97. The third-order valence-electron chi connectivity index (χ3n) is 10.1. The highest BCUT2D eigenvalue weighted by atomic mass is 16.6. The summed E-state index contributed by atoms with van der Waals surface area (Å²) in [4.78, 5) is 35.2. The molecule has 4 saturated heterocycles. The van der Waals surface area contributed by atoms with Crippen molar-refractivity contribution in [3.63, 3.8) is 0 Å². The molecule has 17 nitrogen and oxygen atoms in total. The van der Waals surface area contributed by atoms with Crippen LogP contribution in [-0.4, -0.2) is 131 Å². The fraction of sp³-hybridized carbons (Fsp3) is 0.410. The second-order valence-electron chi connectivity index (χ2n) is 13.7. The Labute approximate surface area is 321 Å². The first kappa shape index (κ1) is 35.8. The van der Waals surface area contributed by atoms with Crippen LogP contribution in [0.5, 0.6) is 11.5 Å². The number of nitrogens with zero attached hydrogens (tertiary/aromatic N) is 8. The molecule has 0 amide bonds. The Balaban J connectivity index is 0.000000146. The molecule has 4 aliphatic rings. The number of fused-ring (bicyclic) bond motifs is 2. The molecular formula is C39H42N10O7. The van der Waals surface area contributed by atoms with E-state index in [-0.39, 0.29) is 12.1 Å². The van der Waals surface area contributed by atoms with Gasteiger partial charge in [0.15, 0.2) is 6.10 Å². The van der Waals surface area contributed by atoms with E-state index in [0.717, 1.165) is 96.4 Å². The minimum Gasteiger partial charge on any atom is -0.490 e. The molecule has 17 heteroatoms. The molecule has 0 radical (unpaired) electrons. The van der Waals surface area contributed by atoms with Gasteiger partial charge in [0.05, 0.1) is 50.5 Å². The number of morpholine rings is 2. The van der Waals surface area contributed by atoms with Crippen LogP contribution in [-0.2, 0) is 23.7 Å². The largest absolute Gasteiger partial charge is 0.490 e. The molecular weight excluding hydrogens is 720 g/mol. The predicted molar refractivity (Wildman–Crippen MR) is 205 cm³/mol. The minimum atomic E-state index is -0.605. The van der Waals surface area contributed by atoms with Gasteiger partial charge in [0.25, 0.3) is 0 Å². The second-order valence-corrected chi connectivity index (χ2v) is 13.7. The second kappa shape index (κ2) is 16.4. The average molecular weight is 763 g/mol. The lowest BCUT2D eigenvalue weighted by atomic mass is 10.1. The van der Waals surface area contributed by atoms with Crippen LogP contribution in [0, 0.1) is 0 Å². The SMILES string of the molecule is O=C1OCCC1Oc1cc(N2CCOCC2)nc2c(-c3ccn[nH]3)nccc12.c1cc(-c2nccc3c(OCC4CCCO4)cc(N4CCOCC4)nc23)[nH]n1. The number of carbonyl (C=O) groups excluding carboxylic acids is 1. The van der Waals surface area contributed by atoms with Gasteiger partial charge in [-0.2, -0.15) is 10.2 Å². The van der Waals surface area contributed by atoms with Gasteiger partial charge in [-0.05, 0) is 37.1 Å². The van der Waals surface area contributed by atoms with E-state index in [1.54, 1.807) is 24.8 Å². The fourth-order valence-corrected chi connectivity index (χ4v) is 7.21. The standard InChI is InChI=1S/C20H23N5O3.C19H19N5O4/c1-2-14(27-9-1)13-28-17-12-18(25-7-10-26-11-8-25)23-19-15(17)3-5-21-20(19)16-4-6-22-24-16;25-19-14(3-8-27-19)28-15-11-16(24-6-9-26-10-7-24)22-17-12(15)1-4-20-18(17)13-2-5-21-23-13/h3-6,12,14H,1-2,7-11,13H2,(H,22,24);1-2,4-5,11,14H,3,6-10H2,(H,21,23). The van der Waals surface area contributed by atoms with E-state index in [0.29, 0.717) is 63.0 Å². The molecule has 2 unspecified atom stereocenters. The van der Waals surface area contributed by atoms with E-state index in [1.807, 2.05) is 36.4 Å². The summed E-state index contributed by atoms with van der Waals surface area (Å²) in [5, 5.41) is 15.7. The number of aromatic amines is 2. The zero-order chi connectivity index (χ0) is 37.7. The maximum Gasteiger partial charge on any atom is 0.347 e. The number of H-pyrrole nitrogens is 2. The van der Waals surface area contributed by atoms with Crippen molar-refractivity contribution in [2.24, 2.45) is 0 Å². The van der Waals surface area contributed by atoms with Crippen LogP contribution in [0.25, 0.3) is 44.6 Å². The highest BCUT2D eigenvalue weighted by Gasteiger charge is 2.30. The Kier molecular flexibility index (Phi) is 10.5. The zero-order valence-corrected chi connectivity index (χ0v) is 30.8. The van der Waals surface area contributed by atoms with E-state index in [2.05, 4.69) is 40.2 Å². The molecule has 4 fully saturated rings. The summed E-state index contributed by atoms with van der Waals surface area (Å²) >= 11 is 0. The number of ether oxygens (including phenoxy) is 6. The number of carbonyl (C=O) groups is 1. The molecule has 56 heavy (non-hydrogen) atoms. The zero-order valence-electron chi connectivity index (χ0n) is 30.8. The van der Waals surface area contributed by atoms with Crippen molar-refractivity contribution in [1.82, 2.24) is 40.3 Å². The van der Waals surface area contributed by atoms with Crippen molar-refractivity contribution in [3.05, 3.63) is 61.2 Å². The Bertz CT molecular complexity index is 2250. The molecule has 0 spiro atoms.